The van der Waals surface area contributed by atoms with E-state index in [2.05, 4.69) is 48.2 Å². The quantitative estimate of drug-likeness (QED) is 0.854. The number of aromatic nitrogens is 2. The minimum absolute atomic E-state index is 0.0110. The lowest BCUT2D eigenvalue weighted by Crippen LogP contribution is -2.55. The lowest BCUT2D eigenvalue weighted by atomic mass is 9.63. The molecule has 1 aromatic heterocycles. The third-order valence-corrected chi connectivity index (χ3v) is 6.39. The summed E-state index contributed by atoms with van der Waals surface area (Å²) >= 11 is 0. The molecule has 4 rings (SSSR count). The molecular formula is C21H29N3O. The van der Waals surface area contributed by atoms with Gasteiger partial charge in [0.1, 0.15) is 0 Å². The number of nitrogens with one attached hydrogen (secondary N) is 2. The van der Waals surface area contributed by atoms with Crippen LogP contribution in [0.4, 0.5) is 0 Å². The van der Waals surface area contributed by atoms with Crippen LogP contribution in [0.3, 0.4) is 0 Å². The number of benzene rings is 1. The minimum Gasteiger partial charge on any atom is -0.344 e. The summed E-state index contributed by atoms with van der Waals surface area (Å²) in [5.74, 6) is 1.96. The Morgan fingerprint density at radius 2 is 2.20 bits per heavy atom. The maximum atomic E-state index is 13.0. The Labute approximate surface area is 149 Å². The summed E-state index contributed by atoms with van der Waals surface area (Å²) in [6.07, 6.45) is 8.52. The highest BCUT2D eigenvalue weighted by Crippen LogP contribution is 2.46. The number of hydrogen-bond donors (Lipinski definition) is 2. The molecule has 1 aromatic carbocycles. The highest BCUT2D eigenvalue weighted by atomic mass is 16.2. The van der Waals surface area contributed by atoms with E-state index >= 15 is 0 Å². The van der Waals surface area contributed by atoms with Crippen molar-refractivity contribution >= 4 is 16.9 Å². The van der Waals surface area contributed by atoms with E-state index in [4.69, 9.17) is 0 Å². The van der Waals surface area contributed by atoms with Crippen molar-refractivity contribution in [1.29, 1.82) is 0 Å². The molecule has 0 radical (unpaired) electrons. The van der Waals surface area contributed by atoms with Crippen LogP contribution in [0.15, 0.2) is 12.1 Å². The van der Waals surface area contributed by atoms with Gasteiger partial charge < -0.3 is 10.3 Å². The maximum Gasteiger partial charge on any atom is 0.287 e. The van der Waals surface area contributed by atoms with Gasteiger partial charge in [-0.3, -0.25) is 4.79 Å². The molecule has 2 bridgehead atoms. The summed E-state index contributed by atoms with van der Waals surface area (Å²) in [6.45, 7) is 6.40. The van der Waals surface area contributed by atoms with Crippen LogP contribution in [0.2, 0.25) is 0 Å². The van der Waals surface area contributed by atoms with Crippen molar-refractivity contribution in [3.05, 3.63) is 29.1 Å². The zero-order chi connectivity index (χ0) is 17.6. The molecule has 0 spiro atoms. The predicted octanol–water partition coefficient (Wildman–Crippen LogP) is 4.66. The van der Waals surface area contributed by atoms with Crippen molar-refractivity contribution in [2.75, 3.05) is 0 Å². The molecule has 4 nitrogen and oxygen atoms in total. The fraction of sp³-hybridized carbons (Fsp3) is 0.619. The van der Waals surface area contributed by atoms with Crippen LogP contribution < -0.4 is 5.32 Å². The van der Waals surface area contributed by atoms with Crippen LogP contribution >= 0.6 is 0 Å². The van der Waals surface area contributed by atoms with Crippen LogP contribution in [-0.4, -0.2) is 21.4 Å². The summed E-state index contributed by atoms with van der Waals surface area (Å²) in [4.78, 5) is 20.8. The van der Waals surface area contributed by atoms with Crippen LogP contribution in [-0.2, 0) is 0 Å². The second kappa shape index (κ2) is 6.15. The highest BCUT2D eigenvalue weighted by Gasteiger charge is 2.43. The number of hydrogen-bond acceptors (Lipinski definition) is 2. The molecule has 4 heteroatoms. The second-order valence-electron chi connectivity index (χ2n) is 8.47. The van der Waals surface area contributed by atoms with E-state index in [1.807, 2.05) is 0 Å². The van der Waals surface area contributed by atoms with Gasteiger partial charge in [0.15, 0.2) is 5.82 Å². The van der Waals surface area contributed by atoms with E-state index in [-0.39, 0.29) is 11.4 Å². The molecule has 2 saturated carbocycles. The minimum atomic E-state index is -0.0364. The van der Waals surface area contributed by atoms with Crippen LogP contribution in [0.1, 0.15) is 73.6 Å². The first-order valence-electron chi connectivity index (χ1n) is 9.77. The number of carbonyl (C=O) groups is 1. The van der Waals surface area contributed by atoms with Crippen LogP contribution in [0, 0.1) is 25.7 Å². The number of amides is 1. The Hall–Kier alpha value is -1.84. The third-order valence-electron chi connectivity index (χ3n) is 6.39. The summed E-state index contributed by atoms with van der Waals surface area (Å²) in [6, 6.07) is 4.18. The largest absolute Gasteiger partial charge is 0.344 e. The first-order valence-corrected chi connectivity index (χ1v) is 9.77. The van der Waals surface area contributed by atoms with Crippen LogP contribution in [0.25, 0.3) is 11.0 Å². The molecule has 2 aromatic rings. The first kappa shape index (κ1) is 16.6. The Kier molecular flexibility index (Phi) is 4.09. The van der Waals surface area contributed by atoms with E-state index in [1.165, 1.54) is 31.2 Å². The molecule has 1 heterocycles. The Morgan fingerprint density at radius 1 is 1.36 bits per heavy atom. The lowest BCUT2D eigenvalue weighted by Gasteiger charge is -2.48. The van der Waals surface area contributed by atoms with Gasteiger partial charge in [0, 0.05) is 5.54 Å². The van der Waals surface area contributed by atoms with E-state index in [0.29, 0.717) is 5.82 Å². The number of carbonyl (C=O) groups excluding carboxylic acids is 1. The molecule has 2 aliphatic carbocycles. The summed E-state index contributed by atoms with van der Waals surface area (Å²) < 4.78 is 0. The normalized spacial score (nSPS) is 28.9. The molecule has 3 atom stereocenters. The van der Waals surface area contributed by atoms with E-state index in [9.17, 15) is 4.79 Å². The van der Waals surface area contributed by atoms with Crippen molar-refractivity contribution in [3.63, 3.8) is 0 Å². The number of H-pyrrole nitrogens is 1. The van der Waals surface area contributed by atoms with E-state index in [0.717, 1.165) is 47.7 Å². The zero-order valence-electron chi connectivity index (χ0n) is 15.6. The molecular weight excluding hydrogens is 310 g/mol. The van der Waals surface area contributed by atoms with Crippen molar-refractivity contribution in [3.8, 4) is 0 Å². The van der Waals surface area contributed by atoms with Gasteiger partial charge in [-0.05, 0) is 68.6 Å². The number of aryl methyl sites for hydroxylation is 2. The van der Waals surface area contributed by atoms with Gasteiger partial charge in [0.2, 0.25) is 0 Å². The number of imidazole rings is 1. The fourth-order valence-electron chi connectivity index (χ4n) is 5.33. The molecule has 2 aliphatic rings. The lowest BCUT2D eigenvalue weighted by molar-refractivity contribution is 0.0592. The number of nitrogens with zero attached hydrogens (tertiary/aromatic N) is 1. The van der Waals surface area contributed by atoms with Gasteiger partial charge in [-0.25, -0.2) is 4.98 Å². The molecule has 3 unspecified atom stereocenters. The van der Waals surface area contributed by atoms with Gasteiger partial charge in [0.05, 0.1) is 11.0 Å². The maximum absolute atomic E-state index is 13.0. The highest BCUT2D eigenvalue weighted by molar-refractivity contribution is 5.95. The monoisotopic (exact) mass is 339 g/mol. The molecule has 134 valence electrons. The summed E-state index contributed by atoms with van der Waals surface area (Å²) in [5.41, 5.74) is 4.15. The van der Waals surface area contributed by atoms with Crippen LogP contribution in [0.5, 0.6) is 0 Å². The molecule has 2 fully saturated rings. The van der Waals surface area contributed by atoms with Gasteiger partial charge in [-0.2, -0.15) is 0 Å². The number of aromatic amines is 1. The SMILES string of the molecule is CCC1CC2CCCC(NC(=O)c3nc4c(C)cc(C)cc4[nH]3)(C1)C2. The topological polar surface area (TPSA) is 57.8 Å². The second-order valence-corrected chi connectivity index (χ2v) is 8.47. The molecule has 1 amide bonds. The Balaban J connectivity index is 1.60. The van der Waals surface area contributed by atoms with E-state index < -0.39 is 0 Å². The predicted molar refractivity (Wildman–Crippen MR) is 101 cm³/mol. The molecule has 2 N–H and O–H groups in total. The fourth-order valence-corrected chi connectivity index (χ4v) is 5.33. The summed E-state index contributed by atoms with van der Waals surface area (Å²) in [5, 5.41) is 3.41. The van der Waals surface area contributed by atoms with E-state index in [1.54, 1.807) is 0 Å². The standard InChI is InChI=1S/C21H29N3O/c1-4-15-10-16-6-5-7-21(11-15,12-16)24-20(25)19-22-17-9-13(2)8-14(3)18(17)23-19/h8-9,15-16H,4-7,10-12H2,1-3H3,(H,22,23)(H,24,25). The van der Waals surface area contributed by atoms with Gasteiger partial charge in [-0.1, -0.05) is 32.3 Å². The van der Waals surface area contributed by atoms with Gasteiger partial charge in [0.25, 0.3) is 5.91 Å². The zero-order valence-corrected chi connectivity index (χ0v) is 15.6. The smallest absolute Gasteiger partial charge is 0.287 e. The van der Waals surface area contributed by atoms with Crippen molar-refractivity contribution < 1.29 is 4.79 Å². The molecule has 0 saturated heterocycles. The number of fused-ring (bicyclic) bond motifs is 3. The third kappa shape index (κ3) is 3.07. The first-order chi connectivity index (χ1) is 12.0. The molecule has 25 heavy (non-hydrogen) atoms. The average Bonchev–Trinajstić information content (AvgIpc) is 2.98. The Morgan fingerprint density at radius 3 is 3.00 bits per heavy atom. The van der Waals surface area contributed by atoms with Gasteiger partial charge >= 0.3 is 0 Å². The Bertz CT molecular complexity index is 809. The van der Waals surface area contributed by atoms with Crippen molar-refractivity contribution in [2.24, 2.45) is 11.8 Å². The average molecular weight is 339 g/mol. The van der Waals surface area contributed by atoms with Crippen molar-refractivity contribution in [2.45, 2.75) is 71.3 Å². The van der Waals surface area contributed by atoms with Crippen molar-refractivity contribution in [1.82, 2.24) is 15.3 Å². The molecule has 0 aliphatic heterocycles. The van der Waals surface area contributed by atoms with Gasteiger partial charge in [-0.15, -0.1) is 0 Å². The summed E-state index contributed by atoms with van der Waals surface area (Å²) in [7, 11) is 0. The number of rotatable bonds is 3.